The van der Waals surface area contributed by atoms with Gasteiger partial charge in [-0.15, -0.1) is 11.3 Å². The van der Waals surface area contributed by atoms with Crippen LogP contribution in [0.4, 0.5) is 0 Å². The molecule has 0 amide bonds. The first-order chi connectivity index (χ1) is 8.42. The molecule has 3 nitrogen and oxygen atoms in total. The highest BCUT2D eigenvalue weighted by molar-refractivity contribution is 7.12. The van der Waals surface area contributed by atoms with Crippen molar-refractivity contribution in [3.63, 3.8) is 0 Å². The van der Waals surface area contributed by atoms with Crippen molar-refractivity contribution < 1.29 is 9.47 Å². The zero-order valence-corrected chi connectivity index (χ0v) is 10.9. The smallest absolute Gasteiger partial charge is 0.147 e. The number of hydrogen-bond donors (Lipinski definition) is 1. The lowest BCUT2D eigenvalue weighted by molar-refractivity contribution is -0.137. The van der Waals surface area contributed by atoms with Crippen LogP contribution >= 0.6 is 11.3 Å². The monoisotopic (exact) mass is 253 g/mol. The van der Waals surface area contributed by atoms with Crippen LogP contribution in [0.2, 0.25) is 0 Å². The van der Waals surface area contributed by atoms with Gasteiger partial charge in [-0.05, 0) is 37.3 Å². The maximum absolute atomic E-state index is 5.50. The van der Waals surface area contributed by atoms with Crippen molar-refractivity contribution in [3.8, 4) is 0 Å². The molecule has 1 aliphatic carbocycles. The molecule has 1 fully saturated rings. The Hall–Kier alpha value is -0.420. The first-order valence-electron chi connectivity index (χ1n) is 6.42. The fourth-order valence-electron chi connectivity index (χ4n) is 2.50. The first-order valence-corrected chi connectivity index (χ1v) is 7.24. The zero-order chi connectivity index (χ0) is 11.5. The van der Waals surface area contributed by atoms with Gasteiger partial charge in [0.05, 0.1) is 12.7 Å². The lowest BCUT2D eigenvalue weighted by atomic mass is 10.2. The lowest BCUT2D eigenvalue weighted by Crippen LogP contribution is -2.33. The lowest BCUT2D eigenvalue weighted by Gasteiger charge is -2.22. The van der Waals surface area contributed by atoms with Crippen molar-refractivity contribution in [2.45, 2.75) is 38.3 Å². The molecule has 2 aliphatic rings. The maximum atomic E-state index is 5.50. The Labute approximate surface area is 106 Å². The van der Waals surface area contributed by atoms with Gasteiger partial charge in [0.2, 0.25) is 0 Å². The van der Waals surface area contributed by atoms with Gasteiger partial charge >= 0.3 is 0 Å². The van der Waals surface area contributed by atoms with Gasteiger partial charge in [0.15, 0.2) is 0 Å². The van der Waals surface area contributed by atoms with E-state index in [1.165, 1.54) is 24.1 Å². The van der Waals surface area contributed by atoms with E-state index in [-0.39, 0.29) is 0 Å². The highest BCUT2D eigenvalue weighted by Crippen LogP contribution is 2.30. The van der Waals surface area contributed by atoms with Crippen molar-refractivity contribution >= 4 is 11.3 Å². The summed E-state index contributed by atoms with van der Waals surface area (Å²) in [4.78, 5) is 3.09. The molecule has 0 saturated carbocycles. The third-order valence-electron chi connectivity index (χ3n) is 3.44. The second-order valence-electron chi connectivity index (χ2n) is 4.75. The molecule has 1 atom stereocenters. The van der Waals surface area contributed by atoms with Gasteiger partial charge in [0.1, 0.15) is 6.79 Å². The van der Waals surface area contributed by atoms with Gasteiger partial charge in [0.25, 0.3) is 0 Å². The summed E-state index contributed by atoms with van der Waals surface area (Å²) in [7, 11) is 0. The first kappa shape index (κ1) is 11.7. The van der Waals surface area contributed by atoms with Crippen LogP contribution in [-0.2, 0) is 28.9 Å². The number of nitrogens with one attached hydrogen (secondary N) is 1. The van der Waals surface area contributed by atoms with Gasteiger partial charge in [-0.1, -0.05) is 0 Å². The van der Waals surface area contributed by atoms with E-state index in [0.717, 1.165) is 26.1 Å². The summed E-state index contributed by atoms with van der Waals surface area (Å²) < 4.78 is 10.7. The summed E-state index contributed by atoms with van der Waals surface area (Å²) in [5.74, 6) is 0. The fraction of sp³-hybridized carbons (Fsp3) is 0.692. The molecule has 0 spiro atoms. The minimum absolute atomic E-state index is 0.329. The standard InChI is InChI=1S/C13H19NO2S/c1-2-10-6-12(17-13(10)3-1)8-14-7-11-4-5-15-9-16-11/h6,11,14H,1-5,7-9H2. The third kappa shape index (κ3) is 2.88. The predicted octanol–water partition coefficient (Wildman–Crippen LogP) is 2.09. The Morgan fingerprint density at radius 2 is 2.41 bits per heavy atom. The van der Waals surface area contributed by atoms with Crippen LogP contribution in [-0.4, -0.2) is 26.0 Å². The number of rotatable bonds is 4. The molecule has 1 aromatic rings. The molecule has 4 heteroatoms. The van der Waals surface area contributed by atoms with Crippen LogP contribution in [0, 0.1) is 0 Å². The summed E-state index contributed by atoms with van der Waals surface area (Å²) in [6.45, 7) is 3.21. The summed E-state index contributed by atoms with van der Waals surface area (Å²) in [6.07, 6.45) is 5.27. The molecular weight excluding hydrogens is 234 g/mol. The molecule has 3 rings (SSSR count). The normalized spacial score (nSPS) is 23.9. The quantitative estimate of drug-likeness (QED) is 0.891. The molecule has 1 saturated heterocycles. The van der Waals surface area contributed by atoms with Crippen LogP contribution in [0.1, 0.15) is 28.2 Å². The van der Waals surface area contributed by atoms with E-state index in [0.29, 0.717) is 12.9 Å². The van der Waals surface area contributed by atoms with Gasteiger partial charge in [-0.2, -0.15) is 0 Å². The van der Waals surface area contributed by atoms with Crippen molar-refractivity contribution in [1.29, 1.82) is 0 Å². The van der Waals surface area contributed by atoms with Crippen LogP contribution in [0.15, 0.2) is 6.07 Å². The number of ether oxygens (including phenoxy) is 2. The summed E-state index contributed by atoms with van der Waals surface area (Å²) >= 11 is 1.98. The maximum Gasteiger partial charge on any atom is 0.147 e. The van der Waals surface area contributed by atoms with Gasteiger partial charge in [-0.3, -0.25) is 0 Å². The Morgan fingerprint density at radius 1 is 1.41 bits per heavy atom. The molecule has 0 bridgehead atoms. The van der Waals surface area contributed by atoms with E-state index in [9.17, 15) is 0 Å². The van der Waals surface area contributed by atoms with Crippen molar-refractivity contribution in [2.75, 3.05) is 19.9 Å². The zero-order valence-electron chi connectivity index (χ0n) is 10.0. The minimum atomic E-state index is 0.329. The van der Waals surface area contributed by atoms with Crippen molar-refractivity contribution in [3.05, 3.63) is 21.4 Å². The van der Waals surface area contributed by atoms with Crippen molar-refractivity contribution in [2.24, 2.45) is 0 Å². The van der Waals surface area contributed by atoms with Crippen LogP contribution in [0.25, 0.3) is 0 Å². The number of fused-ring (bicyclic) bond motifs is 1. The average Bonchev–Trinajstić information content (AvgIpc) is 2.91. The SMILES string of the molecule is c1c(CNCC2CCOCO2)sc2c1CCC2. The molecule has 2 heterocycles. The summed E-state index contributed by atoms with van der Waals surface area (Å²) in [5.41, 5.74) is 1.59. The topological polar surface area (TPSA) is 30.5 Å². The van der Waals surface area contributed by atoms with E-state index in [1.54, 1.807) is 10.4 Å². The molecular formula is C13H19NO2S. The molecule has 17 heavy (non-hydrogen) atoms. The number of hydrogen-bond acceptors (Lipinski definition) is 4. The second-order valence-corrected chi connectivity index (χ2v) is 5.97. The highest BCUT2D eigenvalue weighted by Gasteiger charge is 2.16. The molecule has 1 aromatic heterocycles. The Kier molecular flexibility index (Phi) is 3.76. The Balaban J connectivity index is 1.44. The molecule has 0 radical (unpaired) electrons. The average molecular weight is 253 g/mol. The number of aryl methyl sites for hydroxylation is 2. The van der Waals surface area contributed by atoms with E-state index >= 15 is 0 Å². The molecule has 1 aliphatic heterocycles. The highest BCUT2D eigenvalue weighted by atomic mass is 32.1. The Bertz CT molecular complexity index is 350. The molecule has 1 N–H and O–H groups in total. The van der Waals surface area contributed by atoms with Gasteiger partial charge in [0, 0.05) is 22.8 Å². The minimum Gasteiger partial charge on any atom is -0.355 e. The van der Waals surface area contributed by atoms with E-state index in [1.807, 2.05) is 11.3 Å². The van der Waals surface area contributed by atoms with Gasteiger partial charge in [-0.25, -0.2) is 0 Å². The molecule has 94 valence electrons. The Morgan fingerprint density at radius 3 is 3.24 bits per heavy atom. The second kappa shape index (κ2) is 5.48. The van der Waals surface area contributed by atoms with E-state index < -0.39 is 0 Å². The molecule has 0 aromatic carbocycles. The fourth-order valence-corrected chi connectivity index (χ4v) is 3.73. The molecule has 1 unspecified atom stereocenters. The summed E-state index contributed by atoms with van der Waals surface area (Å²) in [5, 5.41) is 3.49. The largest absolute Gasteiger partial charge is 0.355 e. The summed E-state index contributed by atoms with van der Waals surface area (Å²) in [6, 6.07) is 2.38. The third-order valence-corrected chi connectivity index (χ3v) is 4.68. The van der Waals surface area contributed by atoms with Crippen LogP contribution < -0.4 is 5.32 Å². The van der Waals surface area contributed by atoms with E-state index in [2.05, 4.69) is 11.4 Å². The van der Waals surface area contributed by atoms with Crippen molar-refractivity contribution in [1.82, 2.24) is 5.32 Å². The van der Waals surface area contributed by atoms with E-state index in [4.69, 9.17) is 9.47 Å². The van der Waals surface area contributed by atoms with Gasteiger partial charge < -0.3 is 14.8 Å². The van der Waals surface area contributed by atoms with Crippen LogP contribution in [0.5, 0.6) is 0 Å². The predicted molar refractivity (Wildman–Crippen MR) is 68.4 cm³/mol. The van der Waals surface area contributed by atoms with Crippen LogP contribution in [0.3, 0.4) is 0 Å². The number of thiophene rings is 1.